The molecule has 0 spiro atoms. The van der Waals surface area contributed by atoms with Crippen LogP contribution < -0.4 is 16.6 Å². The third-order valence-corrected chi connectivity index (χ3v) is 13.6. The zero-order valence-corrected chi connectivity index (χ0v) is 42.1. The molecule has 0 saturated carbocycles. The number of fused-ring (bicyclic) bond motifs is 1. The number of phosphoric ester groups is 2. The van der Waals surface area contributed by atoms with Crippen LogP contribution in [0.4, 0.5) is 5.95 Å². The third kappa shape index (κ3) is 16.6. The van der Waals surface area contributed by atoms with E-state index < -0.39 is 83.1 Å². The first-order chi connectivity index (χ1) is 36.4. The van der Waals surface area contributed by atoms with Gasteiger partial charge in [-0.25, -0.2) is 18.8 Å². The second-order valence-electron chi connectivity index (χ2n) is 16.7. The minimum absolute atomic E-state index is 0.00785. The summed E-state index contributed by atoms with van der Waals surface area (Å²) < 4.78 is 80.2. The van der Waals surface area contributed by atoms with Crippen LogP contribution in [0.25, 0.3) is 22.6 Å². The summed E-state index contributed by atoms with van der Waals surface area (Å²) in [4.78, 5) is 55.0. The summed E-state index contributed by atoms with van der Waals surface area (Å²) in [7, 11) is -11.3. The van der Waals surface area contributed by atoms with Gasteiger partial charge in [-0.3, -0.25) is 28.2 Å². The molecule has 2 saturated heterocycles. The Morgan fingerprint density at radius 3 is 2.09 bits per heavy atom. The highest BCUT2D eigenvalue weighted by atomic mass is 31.3. The molecule has 2 fully saturated rings. The lowest BCUT2D eigenvalue weighted by Crippen LogP contribution is -2.58. The largest absolute Gasteiger partial charge is 0.483 e. The number of aliphatic hydroxyl groups excluding tert-OH is 5. The number of benzene rings is 1. The number of hydrogen-bond donors (Lipinski definition) is 10. The van der Waals surface area contributed by atoms with E-state index in [4.69, 9.17) is 47.9 Å². The number of H-pyrrole nitrogens is 1. The van der Waals surface area contributed by atoms with E-state index >= 15 is 0 Å². The molecule has 2 unspecified atom stereocenters. The average molecular weight is 1120 g/mol. The maximum atomic E-state index is 12.9. The number of imidazole rings is 1. The highest BCUT2D eigenvalue weighted by Crippen LogP contribution is 2.61. The van der Waals surface area contributed by atoms with Gasteiger partial charge in [0.1, 0.15) is 48.4 Å². The number of nitrogens with two attached hydrogens (primary N) is 1. The van der Waals surface area contributed by atoms with Gasteiger partial charge in [0.2, 0.25) is 17.7 Å². The monoisotopic (exact) mass is 1120 g/mol. The fourth-order valence-electron chi connectivity index (χ4n) is 7.21. The predicted molar refractivity (Wildman–Crippen MR) is 250 cm³/mol. The SMILES string of the molecule is Cc1nnc(-c2ccc(CNC(=O)CCOCCOCCOCCOCCOCc3cn(C[C@@H]4O[C@H](OP(=O)(O)OP(=O)(O)OC[C@H]5O[C@@H](n6cnc7c(=O)[nH]c(N)nc76)[C@H](O)[C@@H]5O)[C@@H](O)[C@H](O)[C@@H]4O)nn3)cc2)nn1. The number of hydrogen-bond acceptors (Lipinski definition) is 28. The Morgan fingerprint density at radius 1 is 0.789 bits per heavy atom. The van der Waals surface area contributed by atoms with Gasteiger partial charge in [0.05, 0.1) is 91.7 Å². The number of aliphatic hydroxyl groups is 5. The van der Waals surface area contributed by atoms with E-state index in [0.29, 0.717) is 56.9 Å². The number of phosphoric acid groups is 2. The number of carbonyl (C=O) groups excluding carboxylic acids is 1. The fraction of sp³-hybridized carbons (Fsp3) is 0.600. The fourth-order valence-corrected chi connectivity index (χ4v) is 9.37. The van der Waals surface area contributed by atoms with Crippen LogP contribution in [-0.2, 0) is 80.1 Å². The topological polar surface area (TPSA) is 469 Å². The molecule has 34 nitrogen and oxygen atoms in total. The summed E-state index contributed by atoms with van der Waals surface area (Å²) in [6, 6.07) is 7.40. The second kappa shape index (κ2) is 27.3. The van der Waals surface area contributed by atoms with Crippen molar-refractivity contribution in [2.45, 2.75) is 88.3 Å². The molecule has 1 aromatic carbocycles. The number of amides is 1. The Hall–Kier alpha value is -5.30. The smallest absolute Gasteiger partial charge is 0.388 e. The number of nitrogens with one attached hydrogen (secondary N) is 2. The van der Waals surface area contributed by atoms with Crippen LogP contribution in [0, 0.1) is 6.92 Å². The number of ether oxygens (including phenoxy) is 7. The number of aryl methyl sites for hydroxylation is 1. The molecule has 0 radical (unpaired) electrons. The molecule has 4 aromatic heterocycles. The quantitative estimate of drug-likeness (QED) is 0.0158. The third-order valence-electron chi connectivity index (χ3n) is 11.0. The van der Waals surface area contributed by atoms with Crippen molar-refractivity contribution in [2.24, 2.45) is 0 Å². The molecule has 418 valence electrons. The minimum atomic E-state index is -5.72. The van der Waals surface area contributed by atoms with E-state index in [1.54, 1.807) is 6.92 Å². The van der Waals surface area contributed by atoms with Gasteiger partial charge in [0.25, 0.3) is 5.56 Å². The van der Waals surface area contributed by atoms with Gasteiger partial charge in [-0.2, -0.15) is 9.29 Å². The first-order valence-corrected chi connectivity index (χ1v) is 26.2. The summed E-state index contributed by atoms with van der Waals surface area (Å²) in [6.45, 7) is 3.22. The van der Waals surface area contributed by atoms with E-state index in [1.165, 1.54) is 10.9 Å². The zero-order valence-electron chi connectivity index (χ0n) is 40.3. The van der Waals surface area contributed by atoms with E-state index in [0.717, 1.165) is 22.0 Å². The Balaban J connectivity index is 0.707. The summed E-state index contributed by atoms with van der Waals surface area (Å²) in [5, 5.41) is 79.3. The number of carbonyl (C=O) groups is 1. The summed E-state index contributed by atoms with van der Waals surface area (Å²) in [5.74, 6) is 0.464. The minimum Gasteiger partial charge on any atom is -0.388 e. The predicted octanol–water partition coefficient (Wildman–Crippen LogP) is -3.48. The summed E-state index contributed by atoms with van der Waals surface area (Å²) >= 11 is 0. The van der Waals surface area contributed by atoms with Crippen LogP contribution in [0.15, 0.2) is 41.6 Å². The van der Waals surface area contributed by atoms with Gasteiger partial charge in [0.15, 0.2) is 29.5 Å². The number of anilines is 1. The van der Waals surface area contributed by atoms with Crippen LogP contribution in [0.1, 0.15) is 29.7 Å². The molecule has 0 bridgehead atoms. The van der Waals surface area contributed by atoms with Gasteiger partial charge < -0.3 is 79.5 Å². The van der Waals surface area contributed by atoms with Gasteiger partial charge in [0, 0.05) is 18.5 Å². The number of nitrogens with zero attached hydrogens (tertiary/aromatic N) is 10. The zero-order chi connectivity index (χ0) is 54.4. The van der Waals surface area contributed by atoms with Gasteiger partial charge in [-0.1, -0.05) is 29.5 Å². The molecular formula is C40H57N13O21P2. The highest BCUT2D eigenvalue weighted by molar-refractivity contribution is 7.61. The van der Waals surface area contributed by atoms with Crippen molar-refractivity contribution in [3.63, 3.8) is 0 Å². The Kier molecular flexibility index (Phi) is 21.0. The molecular weight excluding hydrogens is 1060 g/mol. The van der Waals surface area contributed by atoms with E-state index in [-0.39, 0.29) is 69.0 Å². The van der Waals surface area contributed by atoms with Gasteiger partial charge in [-0.15, -0.1) is 25.5 Å². The lowest BCUT2D eigenvalue weighted by Gasteiger charge is -2.40. The van der Waals surface area contributed by atoms with Gasteiger partial charge >= 0.3 is 15.6 Å². The Morgan fingerprint density at radius 2 is 1.42 bits per heavy atom. The van der Waals surface area contributed by atoms with Crippen LogP contribution in [0.5, 0.6) is 0 Å². The van der Waals surface area contributed by atoms with Crippen molar-refractivity contribution in [3.8, 4) is 11.4 Å². The normalized spacial score (nSPS) is 24.4. The molecule has 0 aliphatic carbocycles. The number of rotatable bonds is 30. The lowest BCUT2D eigenvalue weighted by atomic mass is 9.99. The standard InChI is InChI=1S/C40H57N13O21P2/c1-22-46-49-35(50-47-22)24-4-2-23(3-5-24)16-42-28(54)6-7-65-8-9-66-10-11-67-12-13-68-14-15-69-19-25-17-52(51-48-25)18-26-30(55)32(57)34(59)39(72-26)73-76(63,64)74-75(61,62)70-20-27-31(56)33(58)38(71-27)53-21-43-29-36(53)44-40(41)45-37(29)60/h2-5,17,21,26-27,30-34,38-39,55-59H,6-16,18-20H2,1H3,(H,42,54)(H,61,62)(H,63,64)(H3,41,44,45,60)/t26-,27+,30+,31+,32+,33+,34-,38+,39+/m0/s1. The van der Waals surface area contributed by atoms with Crippen molar-refractivity contribution in [3.05, 3.63) is 64.2 Å². The van der Waals surface area contributed by atoms with Crippen LogP contribution in [0.3, 0.4) is 0 Å². The molecule has 76 heavy (non-hydrogen) atoms. The number of nitrogen functional groups attached to an aromatic ring is 1. The maximum Gasteiger partial charge on any atom is 0.483 e. The lowest BCUT2D eigenvalue weighted by molar-refractivity contribution is -0.278. The van der Waals surface area contributed by atoms with Gasteiger partial charge in [-0.05, 0) is 12.5 Å². The van der Waals surface area contributed by atoms with Crippen LogP contribution in [0.2, 0.25) is 0 Å². The second-order valence-corrected chi connectivity index (χ2v) is 19.7. The molecule has 11 N–H and O–H groups in total. The molecule has 2 aliphatic rings. The highest BCUT2D eigenvalue weighted by Gasteiger charge is 2.50. The first-order valence-electron chi connectivity index (χ1n) is 23.2. The molecule has 1 amide bonds. The number of aromatic amines is 1. The van der Waals surface area contributed by atoms with E-state index in [9.17, 15) is 54.0 Å². The molecule has 7 rings (SSSR count). The van der Waals surface area contributed by atoms with Crippen LogP contribution in [-0.4, -0.2) is 211 Å². The molecule has 36 heteroatoms. The Labute approximate surface area is 429 Å². The maximum absolute atomic E-state index is 12.9. The van der Waals surface area contributed by atoms with Crippen LogP contribution >= 0.6 is 15.6 Å². The number of aromatic nitrogens is 11. The first kappa shape index (κ1) is 58.4. The van der Waals surface area contributed by atoms with Crippen molar-refractivity contribution in [1.29, 1.82) is 0 Å². The van der Waals surface area contributed by atoms with Crippen molar-refractivity contribution >= 4 is 38.7 Å². The van der Waals surface area contributed by atoms with Crippen molar-refractivity contribution < 1.29 is 95.8 Å². The summed E-state index contributed by atoms with van der Waals surface area (Å²) in [5.41, 5.74) is 6.59. The molecule has 2 aliphatic heterocycles. The van der Waals surface area contributed by atoms with E-state index in [2.05, 4.69) is 55.3 Å². The summed E-state index contributed by atoms with van der Waals surface area (Å²) in [6.07, 6.45) is -13.6. The Bertz CT molecular complexity index is 2800. The molecule has 11 atom stereocenters. The van der Waals surface area contributed by atoms with Crippen molar-refractivity contribution in [2.75, 3.05) is 71.8 Å². The average Bonchev–Trinajstić information content (AvgIpc) is 4.10. The van der Waals surface area contributed by atoms with Crippen molar-refractivity contribution in [1.82, 2.24) is 60.2 Å². The van der Waals surface area contributed by atoms with E-state index in [1.807, 2.05) is 24.3 Å². The molecule has 5 aromatic rings. The molecule has 6 heterocycles.